The van der Waals surface area contributed by atoms with Gasteiger partial charge < -0.3 is 29.6 Å². The maximum Gasteiger partial charge on any atom is 0.333 e. The Labute approximate surface area is 283 Å². The Morgan fingerprint density at radius 2 is 1.02 bits per heavy atom. The molecule has 0 unspecified atom stereocenters. The molecule has 14 nitrogen and oxygen atoms in total. The van der Waals surface area contributed by atoms with Gasteiger partial charge in [-0.15, -0.1) is 0 Å². The van der Waals surface area contributed by atoms with Crippen LogP contribution in [0.4, 0.5) is 11.4 Å². The Morgan fingerprint density at radius 1 is 0.653 bits per heavy atom. The zero-order valence-electron chi connectivity index (χ0n) is 27.3. The van der Waals surface area contributed by atoms with E-state index in [1.165, 1.54) is 64.5 Å². The van der Waals surface area contributed by atoms with E-state index in [4.69, 9.17) is 18.9 Å². The molecule has 0 fully saturated rings. The summed E-state index contributed by atoms with van der Waals surface area (Å²) in [5.41, 5.74) is -0.204. The molecule has 2 aromatic rings. The van der Waals surface area contributed by atoms with Crippen LogP contribution in [0.3, 0.4) is 0 Å². The molecule has 0 saturated carbocycles. The molecule has 0 heterocycles. The number of para-hydroxylation sites is 2. The molecule has 0 spiro atoms. The van der Waals surface area contributed by atoms with Gasteiger partial charge in [0, 0.05) is 36.1 Å². The number of ketones is 2. The highest BCUT2D eigenvalue weighted by Crippen LogP contribution is 2.40. The minimum atomic E-state index is -4.56. The zero-order chi connectivity index (χ0) is 36.7. The van der Waals surface area contributed by atoms with Gasteiger partial charge in [-0.3, -0.25) is 19.2 Å². The fraction of sp³-hybridized carbons (Fsp3) is 0.235. The van der Waals surface area contributed by atoms with Gasteiger partial charge in [0.05, 0.1) is 37.2 Å². The smallest absolute Gasteiger partial charge is 0.333 e. The Balaban J connectivity index is 2.34. The highest BCUT2D eigenvalue weighted by molar-refractivity contribution is 7.91. The average molecular weight is 697 g/mol. The van der Waals surface area contributed by atoms with E-state index in [-0.39, 0.29) is 60.1 Å². The molecule has 0 aromatic heterocycles. The monoisotopic (exact) mass is 696 g/mol. The maximum absolute atomic E-state index is 14.1. The van der Waals surface area contributed by atoms with Crippen molar-refractivity contribution in [2.45, 2.75) is 36.5 Å². The van der Waals surface area contributed by atoms with Crippen LogP contribution in [0.2, 0.25) is 0 Å². The van der Waals surface area contributed by atoms with Crippen molar-refractivity contribution in [1.29, 1.82) is 0 Å². The molecule has 49 heavy (non-hydrogen) atoms. The number of amides is 2. The minimum absolute atomic E-state index is 0.0373. The van der Waals surface area contributed by atoms with Crippen molar-refractivity contribution in [1.82, 2.24) is 0 Å². The number of anilines is 2. The third kappa shape index (κ3) is 11.7. The standard InChI is InChI=1S/C34H36N2O12S/c1-21(2)33(41)47-19-17-23(37)13-15-29(39)35-31-25(45-5)9-7-11-27(31)49(43,44)28-12-8-10-26(46-6)32(28)36-30(40)16-14-24(38)18-20-48-34(42)22(3)4/h7-16H,1,3,17-20H2,2,4-6H3,(H,35,39)(H,36,40). The van der Waals surface area contributed by atoms with Gasteiger partial charge in [-0.25, -0.2) is 18.0 Å². The number of benzene rings is 2. The number of methoxy groups -OCH3 is 2. The Bertz CT molecular complexity index is 1700. The van der Waals surface area contributed by atoms with Crippen molar-refractivity contribution in [2.75, 3.05) is 38.1 Å². The van der Waals surface area contributed by atoms with Crippen LogP contribution in [-0.2, 0) is 48.1 Å². The molecule has 2 N–H and O–H groups in total. The van der Waals surface area contributed by atoms with Gasteiger partial charge in [-0.2, -0.15) is 0 Å². The molecular weight excluding hydrogens is 660 g/mol. The lowest BCUT2D eigenvalue weighted by molar-refractivity contribution is -0.140. The average Bonchev–Trinajstić information content (AvgIpc) is 3.06. The summed E-state index contributed by atoms with van der Waals surface area (Å²) in [6.07, 6.45) is 3.21. The van der Waals surface area contributed by atoms with E-state index in [1.807, 2.05) is 0 Å². The highest BCUT2D eigenvalue weighted by Gasteiger charge is 2.29. The number of sulfone groups is 1. The van der Waals surface area contributed by atoms with Crippen LogP contribution in [-0.4, -0.2) is 71.2 Å². The summed E-state index contributed by atoms with van der Waals surface area (Å²) < 4.78 is 48.5. The minimum Gasteiger partial charge on any atom is -0.495 e. The molecule has 0 aliphatic rings. The van der Waals surface area contributed by atoms with Crippen molar-refractivity contribution < 1.29 is 56.1 Å². The van der Waals surface area contributed by atoms with Crippen LogP contribution in [0.5, 0.6) is 11.5 Å². The van der Waals surface area contributed by atoms with E-state index in [9.17, 15) is 37.2 Å². The third-order valence-electron chi connectivity index (χ3n) is 6.19. The number of hydrogen-bond donors (Lipinski definition) is 2. The molecule has 2 rings (SSSR count). The van der Waals surface area contributed by atoms with Gasteiger partial charge >= 0.3 is 11.9 Å². The topological polar surface area (TPSA) is 198 Å². The number of carbonyl (C=O) groups is 6. The molecule has 260 valence electrons. The van der Waals surface area contributed by atoms with Gasteiger partial charge in [0.1, 0.15) is 22.9 Å². The first-order valence-corrected chi connectivity index (χ1v) is 15.9. The van der Waals surface area contributed by atoms with E-state index in [0.29, 0.717) is 0 Å². The van der Waals surface area contributed by atoms with Crippen molar-refractivity contribution in [3.8, 4) is 11.5 Å². The fourth-order valence-corrected chi connectivity index (χ4v) is 5.34. The van der Waals surface area contributed by atoms with Crippen molar-refractivity contribution >= 4 is 56.5 Å². The number of esters is 2. The first-order chi connectivity index (χ1) is 23.1. The molecule has 15 heteroatoms. The van der Waals surface area contributed by atoms with Gasteiger partial charge in [-0.05, 0) is 50.3 Å². The van der Waals surface area contributed by atoms with Crippen LogP contribution in [0.1, 0.15) is 26.7 Å². The predicted molar refractivity (Wildman–Crippen MR) is 178 cm³/mol. The number of ether oxygens (including phenoxy) is 4. The molecule has 0 saturated heterocycles. The SMILES string of the molecule is C=C(C)C(=O)OCCC(=O)C=CC(=O)Nc1c(OC)cccc1S(=O)(=O)c1cccc(OC)c1NC(=O)C=CC(=O)CCOC(=O)C(=C)C. The van der Waals surface area contributed by atoms with Crippen LogP contribution < -0.4 is 20.1 Å². The number of nitrogens with one attached hydrogen (secondary N) is 2. The Morgan fingerprint density at radius 3 is 1.35 bits per heavy atom. The Hall–Kier alpha value is -5.83. The third-order valence-corrected chi connectivity index (χ3v) is 8.03. The van der Waals surface area contributed by atoms with Crippen LogP contribution in [0.15, 0.2) is 94.8 Å². The summed E-state index contributed by atoms with van der Waals surface area (Å²) in [5.74, 6) is -4.25. The van der Waals surface area contributed by atoms with Gasteiger partial charge in [0.25, 0.3) is 0 Å². The first kappa shape index (κ1) is 39.3. The lowest BCUT2D eigenvalue weighted by atomic mass is 10.2. The lowest BCUT2D eigenvalue weighted by Gasteiger charge is -2.18. The van der Waals surface area contributed by atoms with Crippen molar-refractivity contribution in [3.63, 3.8) is 0 Å². The first-order valence-electron chi connectivity index (χ1n) is 14.4. The number of hydrogen-bond acceptors (Lipinski definition) is 12. The fourth-order valence-electron chi connectivity index (χ4n) is 3.74. The molecule has 0 bridgehead atoms. The van der Waals surface area contributed by atoms with E-state index < -0.39 is 54.9 Å². The quantitative estimate of drug-likeness (QED) is 0.170. The summed E-state index contributed by atoms with van der Waals surface area (Å²) in [7, 11) is -2.05. The molecule has 2 amide bonds. The summed E-state index contributed by atoms with van der Waals surface area (Å²) in [6, 6.07) is 7.93. The summed E-state index contributed by atoms with van der Waals surface area (Å²) in [5, 5.41) is 4.84. The van der Waals surface area contributed by atoms with Crippen LogP contribution in [0, 0.1) is 0 Å². The van der Waals surface area contributed by atoms with Crippen molar-refractivity contribution in [3.05, 3.63) is 85.0 Å². The summed E-state index contributed by atoms with van der Waals surface area (Å²) in [4.78, 5) is 72.0. The maximum atomic E-state index is 14.1. The second kappa shape index (κ2) is 18.5. The zero-order valence-corrected chi connectivity index (χ0v) is 28.1. The molecule has 0 aliphatic heterocycles. The summed E-state index contributed by atoms with van der Waals surface area (Å²) >= 11 is 0. The lowest BCUT2D eigenvalue weighted by Crippen LogP contribution is -2.17. The van der Waals surface area contributed by atoms with Crippen LogP contribution in [0.25, 0.3) is 0 Å². The predicted octanol–water partition coefficient (Wildman–Crippen LogP) is 3.68. The van der Waals surface area contributed by atoms with E-state index in [2.05, 4.69) is 23.8 Å². The highest BCUT2D eigenvalue weighted by atomic mass is 32.2. The second-order valence-corrected chi connectivity index (χ2v) is 12.0. The number of carbonyl (C=O) groups excluding carboxylic acids is 6. The van der Waals surface area contributed by atoms with Gasteiger partial charge in [0.2, 0.25) is 21.7 Å². The van der Waals surface area contributed by atoms with Crippen molar-refractivity contribution in [2.24, 2.45) is 0 Å². The van der Waals surface area contributed by atoms with Crippen LogP contribution >= 0.6 is 0 Å². The van der Waals surface area contributed by atoms with E-state index >= 15 is 0 Å². The molecule has 2 aromatic carbocycles. The molecular formula is C34H36N2O12S. The van der Waals surface area contributed by atoms with Gasteiger partial charge in [0.15, 0.2) is 11.6 Å². The van der Waals surface area contributed by atoms with Gasteiger partial charge in [-0.1, -0.05) is 25.3 Å². The molecule has 0 radical (unpaired) electrons. The Kier molecular flexibility index (Phi) is 14.9. The summed E-state index contributed by atoms with van der Waals surface area (Å²) in [6.45, 7) is 9.30. The number of rotatable bonds is 18. The van der Waals surface area contributed by atoms with E-state index in [1.54, 1.807) is 0 Å². The molecule has 0 atom stereocenters. The second-order valence-electron chi connectivity index (χ2n) is 10.1. The number of allylic oxidation sites excluding steroid dienone is 2. The largest absolute Gasteiger partial charge is 0.495 e. The molecule has 0 aliphatic carbocycles. The van der Waals surface area contributed by atoms with E-state index in [0.717, 1.165) is 24.3 Å². The normalized spacial score (nSPS) is 11.0.